The Labute approximate surface area is 406 Å². The molecule has 4 aliphatic rings. The van der Waals surface area contributed by atoms with Gasteiger partial charge >= 0.3 is 12.4 Å². The summed E-state index contributed by atoms with van der Waals surface area (Å²) in [5.74, 6) is 1.21. The number of methoxy groups -OCH3 is 2. The van der Waals surface area contributed by atoms with Gasteiger partial charge in [-0.1, -0.05) is 12.1 Å². The van der Waals surface area contributed by atoms with E-state index in [0.29, 0.717) is 52.6 Å². The molecular weight excluding hydrogens is 919 g/mol. The number of hydrogen-bond acceptors (Lipinski definition) is 10. The molecule has 4 fully saturated rings. The van der Waals surface area contributed by atoms with E-state index in [0.717, 1.165) is 98.8 Å². The Morgan fingerprint density at radius 2 is 0.943 bits per heavy atom. The van der Waals surface area contributed by atoms with Crippen LogP contribution in [-0.4, -0.2) is 133 Å². The standard InChI is InChI=1S/2C26H32F3N3O3/c2*1-17-18(2)23(35-14-13-34-3)9-8-21(17)22-6-4-5-20-16-31(11-12-32(20)22)25(33)19-7-10-24(30-15-19)26(27,28)29/h2*7-10,15,20,22H,4-6,11-14,16H2,1-3H3/t2*20-,22+/m00/s1. The van der Waals surface area contributed by atoms with Crippen LogP contribution in [0.2, 0.25) is 0 Å². The van der Waals surface area contributed by atoms with Crippen molar-refractivity contribution < 1.29 is 54.9 Å². The lowest BCUT2D eigenvalue weighted by atomic mass is 9.86. The lowest BCUT2D eigenvalue weighted by Crippen LogP contribution is -2.57. The molecular formula is C52H64F6N6O6. The van der Waals surface area contributed by atoms with E-state index < -0.39 is 23.7 Å². The Morgan fingerprint density at radius 3 is 1.29 bits per heavy atom. The molecule has 0 bridgehead atoms. The van der Waals surface area contributed by atoms with Crippen molar-refractivity contribution in [1.29, 1.82) is 0 Å². The molecule has 18 heteroatoms. The average molecular weight is 983 g/mol. The van der Waals surface area contributed by atoms with E-state index in [1.807, 2.05) is 12.1 Å². The van der Waals surface area contributed by atoms with Gasteiger partial charge in [-0.05, 0) is 136 Å². The zero-order chi connectivity index (χ0) is 50.3. The van der Waals surface area contributed by atoms with Crippen molar-refractivity contribution in [2.24, 2.45) is 0 Å². The zero-order valence-corrected chi connectivity index (χ0v) is 40.8. The molecule has 2 aromatic heterocycles. The number of nitrogens with zero attached hydrogens (tertiary/aromatic N) is 6. The molecule has 4 aliphatic heterocycles. The maximum atomic E-state index is 13.0. The van der Waals surface area contributed by atoms with Gasteiger partial charge in [-0.25, -0.2) is 0 Å². The topological polar surface area (TPSA) is 110 Å². The Morgan fingerprint density at radius 1 is 0.543 bits per heavy atom. The molecule has 2 amide bonds. The fourth-order valence-electron chi connectivity index (χ4n) is 10.4. The van der Waals surface area contributed by atoms with Gasteiger partial charge in [0.05, 0.1) is 24.3 Å². The van der Waals surface area contributed by atoms with Crippen molar-refractivity contribution in [2.75, 3.05) is 79.9 Å². The summed E-state index contributed by atoms with van der Waals surface area (Å²) in [5, 5.41) is 0. The lowest BCUT2D eigenvalue weighted by molar-refractivity contribution is -0.142. The van der Waals surface area contributed by atoms with Gasteiger partial charge in [0.1, 0.15) is 36.1 Å². The molecule has 0 aliphatic carbocycles. The maximum Gasteiger partial charge on any atom is 0.433 e. The van der Waals surface area contributed by atoms with Crippen LogP contribution in [0.15, 0.2) is 60.9 Å². The number of halogens is 6. The quantitative estimate of drug-likeness (QED) is 0.101. The number of carbonyl (C=O) groups excluding carboxylic acids is 2. The second-order valence-corrected chi connectivity index (χ2v) is 18.5. The summed E-state index contributed by atoms with van der Waals surface area (Å²) >= 11 is 0. The van der Waals surface area contributed by atoms with Crippen molar-refractivity contribution in [3.63, 3.8) is 0 Å². The van der Waals surface area contributed by atoms with Crippen LogP contribution in [0.3, 0.4) is 0 Å². The van der Waals surface area contributed by atoms with Crippen LogP contribution >= 0.6 is 0 Å². The van der Waals surface area contributed by atoms with Crippen molar-refractivity contribution in [2.45, 2.75) is 103 Å². The number of piperidine rings is 2. The monoisotopic (exact) mass is 982 g/mol. The first-order valence-corrected chi connectivity index (χ1v) is 24.0. The van der Waals surface area contributed by atoms with Gasteiger partial charge in [0.2, 0.25) is 0 Å². The predicted molar refractivity (Wildman–Crippen MR) is 251 cm³/mol. The fraction of sp³-hybridized carbons (Fsp3) is 0.538. The molecule has 0 saturated carbocycles. The highest BCUT2D eigenvalue weighted by Gasteiger charge is 2.40. The van der Waals surface area contributed by atoms with Crippen LogP contribution in [0.5, 0.6) is 11.5 Å². The van der Waals surface area contributed by atoms with Crippen molar-refractivity contribution in [1.82, 2.24) is 29.6 Å². The third-order valence-electron chi connectivity index (χ3n) is 14.4. The van der Waals surface area contributed by atoms with Crippen molar-refractivity contribution >= 4 is 11.8 Å². The van der Waals surface area contributed by atoms with Crippen LogP contribution in [0, 0.1) is 27.7 Å². The van der Waals surface area contributed by atoms with Crippen LogP contribution in [-0.2, 0) is 21.8 Å². The number of pyridine rings is 2. The molecule has 2 aromatic carbocycles. The molecule has 0 unspecified atom stereocenters. The van der Waals surface area contributed by atoms with E-state index in [4.69, 9.17) is 18.9 Å². The minimum Gasteiger partial charge on any atom is -0.491 e. The van der Waals surface area contributed by atoms with Gasteiger partial charge in [-0.3, -0.25) is 29.4 Å². The molecule has 4 atom stereocenters. The van der Waals surface area contributed by atoms with Crippen LogP contribution in [0.25, 0.3) is 0 Å². The number of piperazine rings is 2. The highest BCUT2D eigenvalue weighted by molar-refractivity contribution is 5.94. The summed E-state index contributed by atoms with van der Waals surface area (Å²) in [6, 6.07) is 13.5. The number of ether oxygens (including phenoxy) is 4. The molecule has 4 aromatic rings. The molecule has 0 spiro atoms. The molecule has 70 heavy (non-hydrogen) atoms. The summed E-state index contributed by atoms with van der Waals surface area (Å²) in [5.41, 5.74) is 5.68. The minimum absolute atomic E-state index is 0.189. The Hall–Kier alpha value is -5.30. The van der Waals surface area contributed by atoms with E-state index in [-0.39, 0.29) is 47.1 Å². The number of carbonyl (C=O) groups is 2. The maximum absolute atomic E-state index is 13.0. The predicted octanol–water partition coefficient (Wildman–Crippen LogP) is 9.59. The van der Waals surface area contributed by atoms with Crippen LogP contribution in [0.4, 0.5) is 26.3 Å². The Balaban J connectivity index is 0.000000206. The van der Waals surface area contributed by atoms with Gasteiger partial charge in [0.15, 0.2) is 0 Å². The largest absolute Gasteiger partial charge is 0.491 e. The number of fused-ring (bicyclic) bond motifs is 2. The van der Waals surface area contributed by atoms with Crippen molar-refractivity contribution in [3.8, 4) is 11.5 Å². The molecule has 8 rings (SSSR count). The van der Waals surface area contributed by atoms with E-state index in [1.165, 1.54) is 34.4 Å². The van der Waals surface area contributed by atoms with Crippen LogP contribution in [0.1, 0.15) is 116 Å². The zero-order valence-electron chi connectivity index (χ0n) is 40.8. The SMILES string of the molecule is COCCOc1ccc([C@H]2CCC[C@H]3CN(C(=O)c4ccc(C(F)(F)F)nc4)CCN32)c(C)c1C.COCCOc1ccc([C@H]2CCC[C@H]3CN(C(=O)c4ccc(C(F)(F)F)nc4)CCN32)c(C)c1C. The first-order valence-electron chi connectivity index (χ1n) is 24.0. The summed E-state index contributed by atoms with van der Waals surface area (Å²) < 4.78 is 98.7. The highest BCUT2D eigenvalue weighted by atomic mass is 19.4. The third kappa shape index (κ3) is 12.1. The second-order valence-electron chi connectivity index (χ2n) is 18.5. The van der Waals surface area contributed by atoms with E-state index in [2.05, 4.69) is 59.6 Å². The number of rotatable bonds is 12. The van der Waals surface area contributed by atoms with Gasteiger partial charge in [-0.2, -0.15) is 26.3 Å². The lowest BCUT2D eigenvalue weighted by Gasteiger charge is -2.48. The summed E-state index contributed by atoms with van der Waals surface area (Å²) in [4.78, 5) is 41.4. The number of benzene rings is 2. The van der Waals surface area contributed by atoms with Gasteiger partial charge in [0, 0.05) is 90.0 Å². The van der Waals surface area contributed by atoms with Crippen LogP contribution < -0.4 is 9.47 Å². The first kappa shape index (κ1) is 52.5. The fourth-order valence-corrected chi connectivity index (χ4v) is 10.4. The van der Waals surface area contributed by atoms with Crippen molar-refractivity contribution in [3.05, 3.63) is 117 Å². The molecule has 12 nitrogen and oxygen atoms in total. The van der Waals surface area contributed by atoms with Gasteiger partial charge < -0.3 is 28.7 Å². The summed E-state index contributed by atoms with van der Waals surface area (Å²) in [6.07, 6.45) is -0.781. The number of hydrogen-bond donors (Lipinski definition) is 0. The average Bonchev–Trinajstić information content (AvgIpc) is 3.35. The summed E-state index contributed by atoms with van der Waals surface area (Å²) in [6.45, 7) is 14.1. The normalized spacial score (nSPS) is 21.0. The Kier molecular flexibility index (Phi) is 17.1. The summed E-state index contributed by atoms with van der Waals surface area (Å²) in [7, 11) is 3.30. The molecule has 6 heterocycles. The number of amides is 2. The smallest absolute Gasteiger partial charge is 0.433 e. The van der Waals surface area contributed by atoms with E-state index in [9.17, 15) is 35.9 Å². The highest BCUT2D eigenvalue weighted by Crippen LogP contribution is 2.42. The van der Waals surface area contributed by atoms with E-state index in [1.54, 1.807) is 24.0 Å². The molecule has 0 N–H and O–H groups in total. The number of alkyl halides is 6. The molecule has 4 saturated heterocycles. The third-order valence-corrected chi connectivity index (χ3v) is 14.4. The molecule has 0 radical (unpaired) electrons. The second kappa shape index (κ2) is 22.8. The minimum atomic E-state index is -4.52. The van der Waals surface area contributed by atoms with Gasteiger partial charge in [-0.15, -0.1) is 0 Å². The molecule has 380 valence electrons. The Bertz CT molecular complexity index is 2250. The van der Waals surface area contributed by atoms with E-state index >= 15 is 0 Å². The number of aromatic nitrogens is 2. The first-order chi connectivity index (χ1) is 33.4. The van der Waals surface area contributed by atoms with Gasteiger partial charge in [0.25, 0.3) is 11.8 Å².